The largest absolute Gasteiger partial charge is 0.362 e. The van der Waals surface area contributed by atoms with Gasteiger partial charge < -0.3 is 16.0 Å². The van der Waals surface area contributed by atoms with Crippen LogP contribution < -0.4 is 16.0 Å². The number of hydrogen-bond acceptors (Lipinski definition) is 3. The molecule has 1 atom stereocenters. The standard InChI is InChI=1S/C14H20FN3O/c1-9-6-13(11(10(2)16)7-12(9)15)18-5-3-4-17-14(19)8-18/h6-7,10H,3-5,8,16H2,1-2H3,(H,17,19)/t10-/m1/s1. The minimum absolute atomic E-state index is 0.00453. The van der Waals surface area contributed by atoms with Crippen LogP contribution in [-0.4, -0.2) is 25.5 Å². The smallest absolute Gasteiger partial charge is 0.239 e. The zero-order chi connectivity index (χ0) is 14.0. The molecule has 0 spiro atoms. The van der Waals surface area contributed by atoms with Crippen molar-refractivity contribution in [2.45, 2.75) is 26.3 Å². The Hall–Kier alpha value is -1.62. The van der Waals surface area contributed by atoms with Crippen molar-refractivity contribution in [1.82, 2.24) is 5.32 Å². The van der Waals surface area contributed by atoms with Gasteiger partial charge in [0.2, 0.25) is 5.91 Å². The van der Waals surface area contributed by atoms with Crippen LogP contribution in [0.4, 0.5) is 10.1 Å². The Morgan fingerprint density at radius 3 is 2.89 bits per heavy atom. The fourth-order valence-corrected chi connectivity index (χ4v) is 2.33. The number of carbonyl (C=O) groups excluding carboxylic acids is 1. The highest BCUT2D eigenvalue weighted by molar-refractivity contribution is 5.82. The van der Waals surface area contributed by atoms with Crippen molar-refractivity contribution in [2.75, 3.05) is 24.5 Å². The topological polar surface area (TPSA) is 58.4 Å². The van der Waals surface area contributed by atoms with Crippen LogP contribution in [0.2, 0.25) is 0 Å². The van der Waals surface area contributed by atoms with E-state index in [0.717, 1.165) is 24.2 Å². The first-order valence-corrected chi connectivity index (χ1v) is 6.56. The van der Waals surface area contributed by atoms with E-state index in [4.69, 9.17) is 5.73 Å². The maximum atomic E-state index is 13.7. The molecule has 1 fully saturated rings. The van der Waals surface area contributed by atoms with Crippen LogP contribution in [0.5, 0.6) is 0 Å². The quantitative estimate of drug-likeness (QED) is 0.851. The lowest BCUT2D eigenvalue weighted by Crippen LogP contribution is -2.34. The van der Waals surface area contributed by atoms with E-state index in [1.54, 1.807) is 13.0 Å². The Labute approximate surface area is 112 Å². The van der Waals surface area contributed by atoms with Gasteiger partial charge in [-0.2, -0.15) is 0 Å². The second-order valence-electron chi connectivity index (χ2n) is 5.07. The van der Waals surface area contributed by atoms with E-state index in [9.17, 15) is 9.18 Å². The number of carbonyl (C=O) groups is 1. The highest BCUT2D eigenvalue weighted by Gasteiger charge is 2.20. The van der Waals surface area contributed by atoms with Crippen molar-refractivity contribution < 1.29 is 9.18 Å². The van der Waals surface area contributed by atoms with Gasteiger partial charge in [0.05, 0.1) is 6.54 Å². The van der Waals surface area contributed by atoms with E-state index in [-0.39, 0.29) is 17.8 Å². The average Bonchev–Trinajstić information content (AvgIpc) is 2.56. The van der Waals surface area contributed by atoms with Crippen molar-refractivity contribution in [1.29, 1.82) is 0 Å². The van der Waals surface area contributed by atoms with Gasteiger partial charge in [-0.25, -0.2) is 4.39 Å². The molecule has 3 N–H and O–H groups in total. The summed E-state index contributed by atoms with van der Waals surface area (Å²) in [6, 6.07) is 3.00. The normalized spacial score (nSPS) is 17.9. The Balaban J connectivity index is 2.41. The maximum Gasteiger partial charge on any atom is 0.239 e. The summed E-state index contributed by atoms with van der Waals surface area (Å²) in [5.41, 5.74) is 8.11. The molecule has 1 heterocycles. The predicted octanol–water partition coefficient (Wildman–Crippen LogP) is 1.48. The lowest BCUT2D eigenvalue weighted by atomic mass is 10.0. The predicted molar refractivity (Wildman–Crippen MR) is 73.6 cm³/mol. The Morgan fingerprint density at radius 2 is 2.21 bits per heavy atom. The van der Waals surface area contributed by atoms with Crippen LogP contribution >= 0.6 is 0 Å². The molecule has 0 bridgehead atoms. The summed E-state index contributed by atoms with van der Waals surface area (Å²) < 4.78 is 13.7. The second kappa shape index (κ2) is 5.57. The van der Waals surface area contributed by atoms with Crippen LogP contribution in [0.25, 0.3) is 0 Å². The number of nitrogens with zero attached hydrogens (tertiary/aromatic N) is 1. The molecule has 1 aromatic rings. The molecule has 1 aliphatic rings. The van der Waals surface area contributed by atoms with Gasteiger partial charge in [-0.1, -0.05) is 0 Å². The van der Waals surface area contributed by atoms with Crippen molar-refractivity contribution in [2.24, 2.45) is 5.73 Å². The van der Waals surface area contributed by atoms with Gasteiger partial charge in [-0.05, 0) is 43.5 Å². The molecular weight excluding hydrogens is 245 g/mol. The molecule has 0 aliphatic carbocycles. The van der Waals surface area contributed by atoms with Crippen molar-refractivity contribution in [3.63, 3.8) is 0 Å². The minimum atomic E-state index is -0.267. The van der Waals surface area contributed by atoms with E-state index in [2.05, 4.69) is 5.32 Å². The molecule has 1 saturated heterocycles. The summed E-state index contributed by atoms with van der Waals surface area (Å²) in [6.07, 6.45) is 0.876. The molecule has 4 nitrogen and oxygen atoms in total. The van der Waals surface area contributed by atoms with Crippen LogP contribution in [0.1, 0.15) is 30.5 Å². The summed E-state index contributed by atoms with van der Waals surface area (Å²) in [5.74, 6) is -0.259. The third-order valence-corrected chi connectivity index (χ3v) is 3.40. The first kappa shape index (κ1) is 13.8. The van der Waals surface area contributed by atoms with Crippen molar-refractivity contribution in [3.8, 4) is 0 Å². The van der Waals surface area contributed by atoms with E-state index in [0.29, 0.717) is 18.7 Å². The molecule has 2 rings (SSSR count). The summed E-state index contributed by atoms with van der Waals surface area (Å²) in [4.78, 5) is 13.6. The average molecular weight is 265 g/mol. The molecule has 19 heavy (non-hydrogen) atoms. The van der Waals surface area contributed by atoms with E-state index >= 15 is 0 Å². The number of nitrogens with one attached hydrogen (secondary N) is 1. The van der Waals surface area contributed by atoms with Crippen LogP contribution in [0.15, 0.2) is 12.1 Å². The molecular formula is C14H20FN3O. The van der Waals surface area contributed by atoms with Gasteiger partial charge in [0, 0.05) is 24.8 Å². The molecule has 0 radical (unpaired) electrons. The lowest BCUT2D eigenvalue weighted by molar-refractivity contribution is -0.119. The number of benzene rings is 1. The van der Waals surface area contributed by atoms with Gasteiger partial charge in [-0.15, -0.1) is 0 Å². The molecule has 5 heteroatoms. The fraction of sp³-hybridized carbons (Fsp3) is 0.500. The number of hydrogen-bond donors (Lipinski definition) is 2. The third kappa shape index (κ3) is 3.04. The maximum absolute atomic E-state index is 13.7. The number of amides is 1. The number of anilines is 1. The molecule has 1 aromatic carbocycles. The third-order valence-electron chi connectivity index (χ3n) is 3.40. The summed E-state index contributed by atoms with van der Waals surface area (Å²) in [6.45, 7) is 5.30. The zero-order valence-electron chi connectivity index (χ0n) is 11.4. The first-order chi connectivity index (χ1) is 8.99. The summed E-state index contributed by atoms with van der Waals surface area (Å²) in [5, 5.41) is 2.83. The molecule has 1 amide bonds. The zero-order valence-corrected chi connectivity index (χ0v) is 11.4. The Kier molecular flexibility index (Phi) is 4.04. The molecule has 0 aromatic heterocycles. The van der Waals surface area contributed by atoms with Crippen LogP contribution in [0.3, 0.4) is 0 Å². The van der Waals surface area contributed by atoms with Crippen LogP contribution in [-0.2, 0) is 4.79 Å². The van der Waals surface area contributed by atoms with Gasteiger partial charge in [0.15, 0.2) is 0 Å². The van der Waals surface area contributed by atoms with E-state index in [1.165, 1.54) is 6.07 Å². The molecule has 104 valence electrons. The van der Waals surface area contributed by atoms with E-state index < -0.39 is 0 Å². The summed E-state index contributed by atoms with van der Waals surface area (Å²) >= 11 is 0. The molecule has 1 aliphatic heterocycles. The number of aryl methyl sites for hydroxylation is 1. The highest BCUT2D eigenvalue weighted by Crippen LogP contribution is 2.28. The molecule has 0 saturated carbocycles. The minimum Gasteiger partial charge on any atom is -0.362 e. The SMILES string of the molecule is Cc1cc(N2CCCNC(=O)C2)c([C@@H](C)N)cc1F. The molecule has 0 unspecified atom stereocenters. The lowest BCUT2D eigenvalue weighted by Gasteiger charge is -2.26. The number of nitrogens with two attached hydrogens (primary N) is 1. The van der Waals surface area contributed by atoms with Gasteiger partial charge in [0.25, 0.3) is 0 Å². The van der Waals surface area contributed by atoms with E-state index in [1.807, 2.05) is 11.8 Å². The monoisotopic (exact) mass is 265 g/mol. The highest BCUT2D eigenvalue weighted by atomic mass is 19.1. The number of halogens is 1. The van der Waals surface area contributed by atoms with Gasteiger partial charge in [-0.3, -0.25) is 4.79 Å². The summed E-state index contributed by atoms with van der Waals surface area (Å²) in [7, 11) is 0. The Morgan fingerprint density at radius 1 is 1.47 bits per heavy atom. The fourth-order valence-electron chi connectivity index (χ4n) is 2.33. The first-order valence-electron chi connectivity index (χ1n) is 6.56. The van der Waals surface area contributed by atoms with Crippen molar-refractivity contribution >= 4 is 11.6 Å². The van der Waals surface area contributed by atoms with Crippen molar-refractivity contribution in [3.05, 3.63) is 29.1 Å². The number of rotatable bonds is 2. The Bertz CT molecular complexity index is 488. The van der Waals surface area contributed by atoms with Gasteiger partial charge >= 0.3 is 0 Å². The second-order valence-corrected chi connectivity index (χ2v) is 5.07. The van der Waals surface area contributed by atoms with Crippen LogP contribution in [0, 0.1) is 12.7 Å². The van der Waals surface area contributed by atoms with Gasteiger partial charge in [0.1, 0.15) is 5.82 Å².